The number of carbonyl (C=O) groups is 1. The van der Waals surface area contributed by atoms with E-state index in [1.54, 1.807) is 18.7 Å². The van der Waals surface area contributed by atoms with Crippen molar-refractivity contribution < 1.29 is 14.3 Å². The number of carbonyl (C=O) groups excluding carboxylic acids is 1. The van der Waals surface area contributed by atoms with E-state index in [9.17, 15) is 9.59 Å². The number of methoxy groups -OCH3 is 1. The smallest absolute Gasteiger partial charge is 0.254 e. The first-order valence-electron chi connectivity index (χ1n) is 7.42. The van der Waals surface area contributed by atoms with Crippen molar-refractivity contribution in [1.82, 2.24) is 14.9 Å². The van der Waals surface area contributed by atoms with Crippen LogP contribution in [0.1, 0.15) is 26.0 Å². The molecular weight excluding hydrogens is 286 g/mol. The van der Waals surface area contributed by atoms with E-state index in [2.05, 4.69) is 9.97 Å². The third-order valence-corrected chi connectivity index (χ3v) is 3.91. The van der Waals surface area contributed by atoms with Gasteiger partial charge in [-0.05, 0) is 26.7 Å². The summed E-state index contributed by atoms with van der Waals surface area (Å²) in [6.07, 6.45) is 2.71. The molecule has 1 aliphatic rings. The second-order valence-corrected chi connectivity index (χ2v) is 5.90. The molecule has 1 saturated heterocycles. The molecule has 22 heavy (non-hydrogen) atoms. The number of aromatic nitrogens is 2. The first-order valence-corrected chi connectivity index (χ1v) is 7.42. The lowest BCUT2D eigenvalue weighted by Crippen LogP contribution is -2.53. The van der Waals surface area contributed by atoms with Crippen LogP contribution in [0.4, 0.5) is 0 Å². The molecule has 0 spiro atoms. The number of nitrogens with zero attached hydrogens (tertiary/aromatic N) is 2. The fourth-order valence-corrected chi connectivity index (χ4v) is 2.40. The number of hydrogen-bond donors (Lipinski definition) is 1. The van der Waals surface area contributed by atoms with E-state index < -0.39 is 5.60 Å². The van der Waals surface area contributed by atoms with Crippen molar-refractivity contribution >= 4 is 5.91 Å². The summed E-state index contributed by atoms with van der Waals surface area (Å²) in [5, 5.41) is 0. The predicted molar refractivity (Wildman–Crippen MR) is 80.6 cm³/mol. The van der Waals surface area contributed by atoms with E-state index in [1.165, 1.54) is 19.5 Å². The summed E-state index contributed by atoms with van der Waals surface area (Å²) in [4.78, 5) is 32.0. The Hall–Kier alpha value is -1.73. The van der Waals surface area contributed by atoms with Crippen LogP contribution in [-0.2, 0) is 20.7 Å². The Morgan fingerprint density at radius 2 is 2.36 bits per heavy atom. The van der Waals surface area contributed by atoms with Gasteiger partial charge < -0.3 is 19.4 Å². The molecule has 0 saturated carbocycles. The van der Waals surface area contributed by atoms with E-state index in [1.807, 2.05) is 0 Å². The van der Waals surface area contributed by atoms with E-state index in [4.69, 9.17) is 9.47 Å². The number of H-pyrrole nitrogens is 1. The van der Waals surface area contributed by atoms with Gasteiger partial charge in [0.05, 0.1) is 19.0 Å². The lowest BCUT2D eigenvalue weighted by molar-refractivity contribution is -0.158. The molecule has 1 N–H and O–H groups in total. The largest absolute Gasteiger partial charge is 0.375 e. The van der Waals surface area contributed by atoms with E-state index in [0.29, 0.717) is 32.5 Å². The van der Waals surface area contributed by atoms with Gasteiger partial charge in [0.1, 0.15) is 5.60 Å². The van der Waals surface area contributed by atoms with Crippen LogP contribution in [0.5, 0.6) is 0 Å². The Balaban J connectivity index is 1.91. The van der Waals surface area contributed by atoms with Crippen molar-refractivity contribution in [2.75, 3.05) is 26.8 Å². The zero-order valence-corrected chi connectivity index (χ0v) is 13.3. The molecule has 2 heterocycles. The highest BCUT2D eigenvalue weighted by Crippen LogP contribution is 2.17. The molecule has 0 bridgehead atoms. The molecule has 1 fully saturated rings. The van der Waals surface area contributed by atoms with Gasteiger partial charge in [-0.15, -0.1) is 0 Å². The summed E-state index contributed by atoms with van der Waals surface area (Å²) < 4.78 is 11.0. The Morgan fingerprint density at radius 1 is 1.59 bits per heavy atom. The molecule has 1 aliphatic heterocycles. The van der Waals surface area contributed by atoms with Gasteiger partial charge in [0.15, 0.2) is 0 Å². The maximum atomic E-state index is 12.4. The van der Waals surface area contributed by atoms with Gasteiger partial charge in [-0.3, -0.25) is 9.59 Å². The highest BCUT2D eigenvalue weighted by Gasteiger charge is 2.34. The summed E-state index contributed by atoms with van der Waals surface area (Å²) in [7, 11) is 1.54. The van der Waals surface area contributed by atoms with Crippen LogP contribution in [0, 0.1) is 0 Å². The first-order chi connectivity index (χ1) is 10.4. The van der Waals surface area contributed by atoms with Crippen molar-refractivity contribution in [1.29, 1.82) is 0 Å². The average Bonchev–Trinajstić information content (AvgIpc) is 2.52. The fourth-order valence-electron chi connectivity index (χ4n) is 2.40. The van der Waals surface area contributed by atoms with E-state index in [-0.39, 0.29) is 17.6 Å². The minimum absolute atomic E-state index is 0.0300. The number of nitrogens with one attached hydrogen (secondary N) is 1. The maximum Gasteiger partial charge on any atom is 0.254 e. The summed E-state index contributed by atoms with van der Waals surface area (Å²) in [5.74, 6) is -0.0300. The number of aromatic amines is 1. The molecule has 0 aliphatic carbocycles. The number of amides is 1. The fraction of sp³-hybridized carbons (Fsp3) is 0.667. The van der Waals surface area contributed by atoms with Gasteiger partial charge in [0.2, 0.25) is 0 Å². The lowest BCUT2D eigenvalue weighted by Gasteiger charge is -2.37. The molecule has 0 unspecified atom stereocenters. The summed E-state index contributed by atoms with van der Waals surface area (Å²) in [6.45, 7) is 5.15. The van der Waals surface area contributed by atoms with Gasteiger partial charge >= 0.3 is 0 Å². The molecular formula is C15H23N3O4. The minimum atomic E-state index is -0.823. The molecule has 7 nitrogen and oxygen atoms in total. The number of morpholine rings is 1. The zero-order valence-electron chi connectivity index (χ0n) is 13.3. The number of rotatable bonds is 5. The molecule has 1 amide bonds. The second kappa shape index (κ2) is 7.02. The molecule has 122 valence electrons. The van der Waals surface area contributed by atoms with Gasteiger partial charge in [0, 0.05) is 32.0 Å². The second-order valence-electron chi connectivity index (χ2n) is 5.90. The SMILES string of the molecule is COC(C)(C)C(=O)N1CCO[C@H](CCc2cc(=O)[nH]cn2)C1. The molecule has 1 atom stereocenters. The van der Waals surface area contributed by atoms with Crippen molar-refractivity contribution in [2.24, 2.45) is 0 Å². The van der Waals surface area contributed by atoms with Gasteiger partial charge in [-0.25, -0.2) is 4.98 Å². The molecule has 1 aromatic rings. The Labute approximate surface area is 129 Å². The predicted octanol–water partition coefficient (Wildman–Crippen LogP) is 0.355. The van der Waals surface area contributed by atoms with Crippen LogP contribution in [0.25, 0.3) is 0 Å². The molecule has 1 aromatic heterocycles. The Kier molecular flexibility index (Phi) is 5.31. The Bertz CT molecular complexity index is 570. The lowest BCUT2D eigenvalue weighted by atomic mass is 10.1. The Morgan fingerprint density at radius 3 is 3.05 bits per heavy atom. The molecule has 2 rings (SSSR count). The summed E-state index contributed by atoms with van der Waals surface area (Å²) >= 11 is 0. The normalized spacial score (nSPS) is 19.2. The first kappa shape index (κ1) is 16.6. The van der Waals surface area contributed by atoms with E-state index in [0.717, 1.165) is 5.69 Å². The number of aryl methyl sites for hydroxylation is 1. The van der Waals surface area contributed by atoms with Crippen LogP contribution in [0.15, 0.2) is 17.2 Å². The van der Waals surface area contributed by atoms with Crippen LogP contribution < -0.4 is 5.56 Å². The minimum Gasteiger partial charge on any atom is -0.375 e. The van der Waals surface area contributed by atoms with Crippen LogP contribution >= 0.6 is 0 Å². The van der Waals surface area contributed by atoms with Crippen molar-refractivity contribution in [2.45, 2.75) is 38.4 Å². The van der Waals surface area contributed by atoms with Crippen molar-refractivity contribution in [3.63, 3.8) is 0 Å². The third kappa shape index (κ3) is 4.14. The standard InChI is InChI=1S/C15H23N3O4/c1-15(2,21-3)14(20)18-6-7-22-12(9-18)5-4-11-8-13(19)17-10-16-11/h8,10,12H,4-7,9H2,1-3H3,(H,16,17,19)/t12-/m1/s1. The van der Waals surface area contributed by atoms with Crippen LogP contribution in [-0.4, -0.2) is 59.3 Å². The van der Waals surface area contributed by atoms with E-state index >= 15 is 0 Å². The average molecular weight is 309 g/mol. The number of hydrogen-bond acceptors (Lipinski definition) is 5. The zero-order chi connectivity index (χ0) is 16.2. The molecule has 0 radical (unpaired) electrons. The summed E-state index contributed by atoms with van der Waals surface area (Å²) in [5.41, 5.74) is -0.253. The monoisotopic (exact) mass is 309 g/mol. The van der Waals surface area contributed by atoms with Crippen LogP contribution in [0.2, 0.25) is 0 Å². The van der Waals surface area contributed by atoms with Crippen LogP contribution in [0.3, 0.4) is 0 Å². The van der Waals surface area contributed by atoms with Gasteiger partial charge in [0.25, 0.3) is 11.5 Å². The van der Waals surface area contributed by atoms with Gasteiger partial charge in [-0.2, -0.15) is 0 Å². The quantitative estimate of drug-likeness (QED) is 0.848. The highest BCUT2D eigenvalue weighted by atomic mass is 16.5. The van der Waals surface area contributed by atoms with Crippen molar-refractivity contribution in [3.8, 4) is 0 Å². The summed E-state index contributed by atoms with van der Waals surface area (Å²) in [6, 6.07) is 1.49. The topological polar surface area (TPSA) is 84.5 Å². The maximum absolute atomic E-state index is 12.4. The highest BCUT2D eigenvalue weighted by molar-refractivity contribution is 5.84. The van der Waals surface area contributed by atoms with Gasteiger partial charge in [-0.1, -0.05) is 0 Å². The molecule has 0 aromatic carbocycles. The number of ether oxygens (including phenoxy) is 2. The molecule has 7 heteroatoms. The third-order valence-electron chi connectivity index (χ3n) is 3.91. The van der Waals surface area contributed by atoms with Crippen molar-refractivity contribution in [3.05, 3.63) is 28.4 Å².